The van der Waals surface area contributed by atoms with Crippen LogP contribution >= 0.6 is 0 Å². The third-order valence-corrected chi connectivity index (χ3v) is 5.51. The van der Waals surface area contributed by atoms with Gasteiger partial charge in [0.05, 0.1) is 5.92 Å². The molecule has 2 aromatic rings. The van der Waals surface area contributed by atoms with Crippen LogP contribution in [0.15, 0.2) is 66.7 Å². The number of halogens is 3. The highest BCUT2D eigenvalue weighted by molar-refractivity contribution is 5.83. The molecule has 0 radical (unpaired) electrons. The minimum atomic E-state index is -4.61. The zero-order valence-corrected chi connectivity index (χ0v) is 18.5. The van der Waals surface area contributed by atoms with Crippen molar-refractivity contribution in [2.75, 3.05) is 6.61 Å². The third kappa shape index (κ3) is 6.41. The number of terminal acetylenes is 1. The molecular formula is C26H23F3O5. The van der Waals surface area contributed by atoms with Crippen molar-refractivity contribution in [3.05, 3.63) is 72.3 Å². The van der Waals surface area contributed by atoms with Gasteiger partial charge < -0.3 is 14.2 Å². The van der Waals surface area contributed by atoms with Crippen molar-refractivity contribution in [3.63, 3.8) is 0 Å². The van der Waals surface area contributed by atoms with E-state index in [0.29, 0.717) is 17.1 Å². The molecule has 34 heavy (non-hydrogen) atoms. The fourth-order valence-electron chi connectivity index (χ4n) is 3.62. The molecule has 0 aromatic heterocycles. The van der Waals surface area contributed by atoms with E-state index in [9.17, 15) is 22.8 Å². The summed E-state index contributed by atoms with van der Waals surface area (Å²) in [6, 6.07) is 16.0. The lowest BCUT2D eigenvalue weighted by Gasteiger charge is -2.15. The summed E-state index contributed by atoms with van der Waals surface area (Å²) in [7, 11) is 0. The van der Waals surface area contributed by atoms with E-state index in [0.717, 1.165) is 6.08 Å². The number of para-hydroxylation sites is 1. The van der Waals surface area contributed by atoms with Gasteiger partial charge in [-0.2, -0.15) is 13.2 Å². The highest BCUT2D eigenvalue weighted by atomic mass is 19.4. The Morgan fingerprint density at radius 2 is 1.79 bits per heavy atom. The fraction of sp³-hybridized carbons (Fsp3) is 0.308. The Bertz CT molecular complexity index is 1100. The van der Waals surface area contributed by atoms with Gasteiger partial charge in [-0.1, -0.05) is 56.2 Å². The molecule has 0 saturated heterocycles. The van der Waals surface area contributed by atoms with Crippen molar-refractivity contribution in [2.45, 2.75) is 26.1 Å². The van der Waals surface area contributed by atoms with Crippen LogP contribution in [0.4, 0.5) is 13.2 Å². The maximum Gasteiger partial charge on any atom is 0.422 e. The standard InChI is InChI=1S/C26H23F3O5/c1-4-21(17-9-8-12-19(15-17)33-18-10-6-5-7-11-18)34-24(31)23-20(25(23,2)3)13-14-22(30)32-16-26(27,28)29/h1,5-15,20-21,23H,16H2,2-3H3/b14-13-/t20-,21+,23-/m0/s1. The molecule has 1 fully saturated rings. The summed E-state index contributed by atoms with van der Waals surface area (Å²) in [5.41, 5.74) is -0.0134. The Morgan fingerprint density at radius 1 is 1.12 bits per heavy atom. The normalized spacial score (nSPS) is 19.6. The average molecular weight is 472 g/mol. The summed E-state index contributed by atoms with van der Waals surface area (Å²) in [6.07, 6.45) is 2.30. The zero-order valence-electron chi connectivity index (χ0n) is 18.5. The van der Waals surface area contributed by atoms with Gasteiger partial charge in [0.25, 0.3) is 0 Å². The van der Waals surface area contributed by atoms with Gasteiger partial charge in [0.1, 0.15) is 11.5 Å². The van der Waals surface area contributed by atoms with Crippen molar-refractivity contribution in [1.82, 2.24) is 0 Å². The molecule has 0 spiro atoms. The highest BCUT2D eigenvalue weighted by Gasteiger charge is 2.61. The number of carbonyl (C=O) groups excluding carboxylic acids is 2. The summed E-state index contributed by atoms with van der Waals surface area (Å²) in [4.78, 5) is 24.3. The number of rotatable bonds is 8. The van der Waals surface area contributed by atoms with Crippen molar-refractivity contribution >= 4 is 11.9 Å². The second-order valence-corrected chi connectivity index (χ2v) is 8.38. The Kier molecular flexibility index (Phi) is 7.35. The van der Waals surface area contributed by atoms with Crippen LogP contribution in [0, 0.1) is 29.6 Å². The predicted molar refractivity (Wildman–Crippen MR) is 118 cm³/mol. The van der Waals surface area contributed by atoms with Crippen LogP contribution in [0.2, 0.25) is 0 Å². The minimum Gasteiger partial charge on any atom is -0.457 e. The van der Waals surface area contributed by atoms with E-state index in [1.807, 2.05) is 18.2 Å². The largest absolute Gasteiger partial charge is 0.457 e. The SMILES string of the molecule is C#C[C@@H](OC(=O)[C@@H]1[C@H](/C=C\C(=O)OCC(F)(F)F)C1(C)C)c1cccc(Oc2ccccc2)c1. The van der Waals surface area contributed by atoms with E-state index in [1.165, 1.54) is 6.08 Å². The highest BCUT2D eigenvalue weighted by Crippen LogP contribution is 2.59. The van der Waals surface area contributed by atoms with Crippen LogP contribution in [-0.2, 0) is 19.1 Å². The summed E-state index contributed by atoms with van der Waals surface area (Å²) >= 11 is 0. The molecule has 1 aliphatic carbocycles. The molecule has 178 valence electrons. The van der Waals surface area contributed by atoms with E-state index in [2.05, 4.69) is 10.7 Å². The summed E-state index contributed by atoms with van der Waals surface area (Å²) in [6.45, 7) is 1.90. The van der Waals surface area contributed by atoms with E-state index >= 15 is 0 Å². The van der Waals surface area contributed by atoms with Crippen LogP contribution < -0.4 is 4.74 Å². The topological polar surface area (TPSA) is 61.8 Å². The Morgan fingerprint density at radius 3 is 2.44 bits per heavy atom. The summed E-state index contributed by atoms with van der Waals surface area (Å²) < 4.78 is 52.0. The van der Waals surface area contributed by atoms with E-state index in [4.69, 9.17) is 15.9 Å². The quantitative estimate of drug-likeness (QED) is 0.283. The Balaban J connectivity index is 1.63. The smallest absolute Gasteiger partial charge is 0.422 e. The third-order valence-electron chi connectivity index (χ3n) is 5.51. The number of hydrogen-bond donors (Lipinski definition) is 0. The van der Waals surface area contributed by atoms with Gasteiger partial charge >= 0.3 is 18.1 Å². The van der Waals surface area contributed by atoms with Crippen molar-refractivity contribution in [3.8, 4) is 23.8 Å². The number of esters is 2. The predicted octanol–water partition coefficient (Wildman–Crippen LogP) is 5.63. The number of benzene rings is 2. The van der Waals surface area contributed by atoms with Crippen molar-refractivity contribution in [2.24, 2.45) is 17.3 Å². The first-order valence-corrected chi connectivity index (χ1v) is 10.4. The van der Waals surface area contributed by atoms with Gasteiger partial charge in [0.15, 0.2) is 12.7 Å². The van der Waals surface area contributed by atoms with E-state index < -0.39 is 48.1 Å². The van der Waals surface area contributed by atoms with Crippen LogP contribution in [0.3, 0.4) is 0 Å². The maximum absolute atomic E-state index is 12.8. The molecule has 3 atom stereocenters. The number of carbonyl (C=O) groups is 2. The summed E-state index contributed by atoms with van der Waals surface area (Å²) in [5.74, 6) is 0.875. The zero-order chi connectivity index (χ0) is 24.9. The van der Waals surface area contributed by atoms with Gasteiger partial charge in [0.2, 0.25) is 0 Å². The first-order chi connectivity index (χ1) is 16.0. The Labute approximate surface area is 195 Å². The molecule has 0 N–H and O–H groups in total. The number of hydrogen-bond acceptors (Lipinski definition) is 5. The molecule has 2 aromatic carbocycles. The monoisotopic (exact) mass is 472 g/mol. The molecule has 8 heteroatoms. The lowest BCUT2D eigenvalue weighted by atomic mass is 10.1. The molecule has 1 aliphatic rings. The number of alkyl halides is 3. The molecule has 0 unspecified atom stereocenters. The van der Waals surface area contributed by atoms with Gasteiger partial charge in [0, 0.05) is 11.6 Å². The van der Waals surface area contributed by atoms with E-state index in [1.54, 1.807) is 50.2 Å². The minimum absolute atomic E-state index is 0.412. The molecule has 0 heterocycles. The molecule has 0 bridgehead atoms. The van der Waals surface area contributed by atoms with Crippen LogP contribution in [0.1, 0.15) is 25.5 Å². The van der Waals surface area contributed by atoms with Crippen molar-refractivity contribution < 1.29 is 37.0 Å². The molecule has 3 rings (SSSR count). The maximum atomic E-state index is 12.8. The lowest BCUT2D eigenvalue weighted by Crippen LogP contribution is -2.19. The average Bonchev–Trinajstić information content (AvgIpc) is 3.35. The van der Waals surface area contributed by atoms with Gasteiger partial charge in [-0.05, 0) is 35.6 Å². The first-order valence-electron chi connectivity index (χ1n) is 10.4. The molecular weight excluding hydrogens is 449 g/mol. The van der Waals surface area contributed by atoms with Crippen LogP contribution in [0.5, 0.6) is 11.5 Å². The number of ether oxygens (including phenoxy) is 3. The molecule has 0 aliphatic heterocycles. The molecule has 1 saturated carbocycles. The van der Waals surface area contributed by atoms with Gasteiger partial charge in [-0.25, -0.2) is 4.79 Å². The molecule has 5 nitrogen and oxygen atoms in total. The van der Waals surface area contributed by atoms with Gasteiger partial charge in [-0.3, -0.25) is 4.79 Å². The van der Waals surface area contributed by atoms with Crippen LogP contribution in [-0.4, -0.2) is 24.7 Å². The second-order valence-electron chi connectivity index (χ2n) is 8.38. The summed E-state index contributed by atoms with van der Waals surface area (Å²) in [5, 5.41) is 0. The van der Waals surface area contributed by atoms with Crippen molar-refractivity contribution in [1.29, 1.82) is 0 Å². The first kappa shape index (κ1) is 24.9. The van der Waals surface area contributed by atoms with Crippen LogP contribution in [0.25, 0.3) is 0 Å². The number of allylic oxidation sites excluding steroid dienone is 1. The Hall–Kier alpha value is -3.73. The second kappa shape index (κ2) is 10.0. The fourth-order valence-corrected chi connectivity index (χ4v) is 3.62. The molecule has 0 amide bonds. The van der Waals surface area contributed by atoms with Gasteiger partial charge in [-0.15, -0.1) is 6.42 Å². The lowest BCUT2D eigenvalue weighted by molar-refractivity contribution is -0.182. The van der Waals surface area contributed by atoms with E-state index in [-0.39, 0.29) is 0 Å².